The fourth-order valence-corrected chi connectivity index (χ4v) is 2.23. The second-order valence-electron chi connectivity index (χ2n) is 3.61. The molecule has 92 valence electrons. The van der Waals surface area contributed by atoms with Crippen molar-refractivity contribution in [2.75, 3.05) is 0 Å². The molecule has 0 aliphatic rings. The van der Waals surface area contributed by atoms with Crippen LogP contribution in [-0.4, -0.2) is 19.7 Å². The fraction of sp³-hybridized carbons (Fsp3) is 0. The minimum absolute atomic E-state index is 0.123. The van der Waals surface area contributed by atoms with Crippen LogP contribution in [0, 0.1) is 0 Å². The van der Waals surface area contributed by atoms with Crippen LogP contribution >= 0.6 is 0 Å². The van der Waals surface area contributed by atoms with E-state index in [1.165, 1.54) is 30.5 Å². The maximum atomic E-state index is 11.8. The number of hydrogen-bond donors (Lipinski definition) is 1. The van der Waals surface area contributed by atoms with E-state index in [4.69, 9.17) is 5.11 Å². The zero-order valence-corrected chi connectivity index (χ0v) is 10.2. The van der Waals surface area contributed by atoms with Gasteiger partial charge in [0, 0.05) is 6.21 Å². The molecule has 2 aromatic carbocycles. The summed E-state index contributed by atoms with van der Waals surface area (Å²) in [5.74, 6) is 0.123. The second kappa shape index (κ2) is 5.01. The Kier molecular flexibility index (Phi) is 3.43. The number of nitrogens with zero attached hydrogens (tertiary/aromatic N) is 1. The summed E-state index contributed by atoms with van der Waals surface area (Å²) in [6.45, 7) is 0. The van der Waals surface area contributed by atoms with E-state index in [2.05, 4.69) is 4.40 Å². The first kappa shape index (κ1) is 12.3. The molecule has 0 aliphatic heterocycles. The zero-order chi connectivity index (χ0) is 13.0. The van der Waals surface area contributed by atoms with Crippen molar-refractivity contribution in [2.24, 2.45) is 4.40 Å². The smallest absolute Gasteiger partial charge is 0.282 e. The molecule has 1 N–H and O–H groups in total. The van der Waals surface area contributed by atoms with Gasteiger partial charge >= 0.3 is 0 Å². The molecular formula is C13H11NO3S. The molecule has 0 heterocycles. The number of rotatable bonds is 3. The third kappa shape index (κ3) is 2.95. The highest BCUT2D eigenvalue weighted by molar-refractivity contribution is 7.90. The first-order valence-electron chi connectivity index (χ1n) is 5.22. The molecule has 0 radical (unpaired) electrons. The summed E-state index contributed by atoms with van der Waals surface area (Å²) in [4.78, 5) is 0.153. The van der Waals surface area contributed by atoms with Crippen molar-refractivity contribution >= 4 is 16.2 Å². The second-order valence-corrected chi connectivity index (χ2v) is 5.25. The predicted octanol–water partition coefficient (Wildman–Crippen LogP) is 2.20. The minimum atomic E-state index is -3.66. The molecule has 18 heavy (non-hydrogen) atoms. The van der Waals surface area contributed by atoms with Gasteiger partial charge in [0.15, 0.2) is 0 Å². The lowest BCUT2D eigenvalue weighted by atomic mass is 10.2. The van der Waals surface area contributed by atoms with Gasteiger partial charge in [-0.25, -0.2) is 0 Å². The third-order valence-corrected chi connectivity index (χ3v) is 3.53. The maximum Gasteiger partial charge on any atom is 0.282 e. The van der Waals surface area contributed by atoms with E-state index in [1.807, 2.05) is 0 Å². The average Bonchev–Trinajstić information content (AvgIpc) is 2.39. The van der Waals surface area contributed by atoms with Crippen molar-refractivity contribution in [3.63, 3.8) is 0 Å². The van der Waals surface area contributed by atoms with Crippen molar-refractivity contribution in [3.05, 3.63) is 60.2 Å². The van der Waals surface area contributed by atoms with E-state index in [9.17, 15) is 8.42 Å². The van der Waals surface area contributed by atoms with Crippen LogP contribution in [-0.2, 0) is 10.0 Å². The maximum absolute atomic E-state index is 11.8. The number of hydrogen-bond acceptors (Lipinski definition) is 3. The number of benzene rings is 2. The Balaban J connectivity index is 2.26. The van der Waals surface area contributed by atoms with Crippen molar-refractivity contribution in [2.45, 2.75) is 4.90 Å². The largest absolute Gasteiger partial charge is 0.508 e. The van der Waals surface area contributed by atoms with E-state index < -0.39 is 10.0 Å². The van der Waals surface area contributed by atoms with Gasteiger partial charge in [-0.3, -0.25) is 0 Å². The van der Waals surface area contributed by atoms with Crippen LogP contribution in [0.15, 0.2) is 63.9 Å². The molecule has 0 amide bonds. The van der Waals surface area contributed by atoms with Crippen molar-refractivity contribution in [1.82, 2.24) is 0 Å². The first-order chi connectivity index (χ1) is 8.58. The summed E-state index contributed by atoms with van der Waals surface area (Å²) >= 11 is 0. The van der Waals surface area contributed by atoms with E-state index in [0.717, 1.165) is 0 Å². The van der Waals surface area contributed by atoms with E-state index >= 15 is 0 Å². The summed E-state index contributed by atoms with van der Waals surface area (Å²) in [6, 6.07) is 14.1. The molecule has 2 rings (SSSR count). The Hall–Kier alpha value is -2.14. The Bertz CT molecular complexity index is 646. The fourth-order valence-electron chi connectivity index (χ4n) is 1.34. The molecule has 0 bridgehead atoms. The molecule has 0 atom stereocenters. The summed E-state index contributed by atoms with van der Waals surface area (Å²) < 4.78 is 27.2. The Morgan fingerprint density at radius 1 is 0.944 bits per heavy atom. The lowest BCUT2D eigenvalue weighted by Gasteiger charge is -1.97. The molecule has 0 unspecified atom stereocenters. The van der Waals surface area contributed by atoms with Crippen LogP contribution < -0.4 is 0 Å². The predicted molar refractivity (Wildman–Crippen MR) is 69.3 cm³/mol. The third-order valence-electron chi connectivity index (χ3n) is 2.27. The molecular weight excluding hydrogens is 250 g/mol. The van der Waals surface area contributed by atoms with E-state index in [0.29, 0.717) is 5.56 Å². The van der Waals surface area contributed by atoms with Crippen molar-refractivity contribution < 1.29 is 13.5 Å². The van der Waals surface area contributed by atoms with Gasteiger partial charge in [0.25, 0.3) is 10.0 Å². The number of aromatic hydroxyl groups is 1. The highest BCUT2D eigenvalue weighted by Gasteiger charge is 2.09. The topological polar surface area (TPSA) is 66.7 Å². The highest BCUT2D eigenvalue weighted by atomic mass is 32.2. The minimum Gasteiger partial charge on any atom is -0.508 e. The highest BCUT2D eigenvalue weighted by Crippen LogP contribution is 2.12. The molecule has 2 aromatic rings. The van der Waals surface area contributed by atoms with Gasteiger partial charge in [0.05, 0.1) is 4.90 Å². The van der Waals surface area contributed by atoms with Crippen LogP contribution in [0.3, 0.4) is 0 Å². The van der Waals surface area contributed by atoms with E-state index in [-0.39, 0.29) is 10.6 Å². The monoisotopic (exact) mass is 261 g/mol. The van der Waals surface area contributed by atoms with Crippen LogP contribution in [0.5, 0.6) is 5.75 Å². The first-order valence-corrected chi connectivity index (χ1v) is 6.66. The standard InChI is InChI=1S/C13H11NO3S/c15-12-8-6-11(7-9-12)10-14-18(16,17)13-4-2-1-3-5-13/h1-10,15H. The number of sulfonamides is 1. The van der Waals surface area contributed by atoms with Gasteiger partial charge in [0.1, 0.15) is 5.75 Å². The quantitative estimate of drug-likeness (QED) is 0.861. The summed E-state index contributed by atoms with van der Waals surface area (Å²) in [5.41, 5.74) is 0.604. The lowest BCUT2D eigenvalue weighted by Crippen LogP contribution is -1.97. The Labute approximate surface area is 105 Å². The molecule has 0 saturated heterocycles. The molecule has 0 spiro atoms. The van der Waals surface area contributed by atoms with Crippen molar-refractivity contribution in [3.8, 4) is 5.75 Å². The molecule has 0 fully saturated rings. The van der Waals surface area contributed by atoms with Gasteiger partial charge in [-0.15, -0.1) is 0 Å². The average molecular weight is 261 g/mol. The molecule has 5 heteroatoms. The number of phenolic OH excluding ortho intramolecular Hbond substituents is 1. The van der Waals surface area contributed by atoms with Gasteiger partial charge in [-0.2, -0.15) is 12.8 Å². The van der Waals surface area contributed by atoms with Crippen LogP contribution in [0.25, 0.3) is 0 Å². The summed E-state index contributed by atoms with van der Waals surface area (Å²) in [6.07, 6.45) is 1.25. The molecule has 0 aromatic heterocycles. The van der Waals surface area contributed by atoms with Gasteiger partial charge in [0.2, 0.25) is 0 Å². The Morgan fingerprint density at radius 3 is 2.17 bits per heavy atom. The summed E-state index contributed by atoms with van der Waals surface area (Å²) in [5, 5.41) is 9.10. The van der Waals surface area contributed by atoms with Crippen molar-refractivity contribution in [1.29, 1.82) is 0 Å². The van der Waals surface area contributed by atoms with Crippen LogP contribution in [0.1, 0.15) is 5.56 Å². The van der Waals surface area contributed by atoms with Crippen LogP contribution in [0.2, 0.25) is 0 Å². The Morgan fingerprint density at radius 2 is 1.56 bits per heavy atom. The van der Waals surface area contributed by atoms with Crippen LogP contribution in [0.4, 0.5) is 0 Å². The van der Waals surface area contributed by atoms with Gasteiger partial charge in [-0.1, -0.05) is 18.2 Å². The normalized spacial score (nSPS) is 11.8. The molecule has 0 saturated carbocycles. The van der Waals surface area contributed by atoms with Gasteiger partial charge in [-0.05, 0) is 42.0 Å². The number of phenols is 1. The molecule has 4 nitrogen and oxygen atoms in total. The lowest BCUT2D eigenvalue weighted by molar-refractivity contribution is 0.475. The summed E-state index contributed by atoms with van der Waals surface area (Å²) in [7, 11) is -3.66. The van der Waals surface area contributed by atoms with E-state index in [1.54, 1.807) is 30.3 Å². The SMILES string of the molecule is O=S(=O)(N=Cc1ccc(O)cc1)c1ccccc1. The zero-order valence-electron chi connectivity index (χ0n) is 9.39. The van der Waals surface area contributed by atoms with Gasteiger partial charge < -0.3 is 5.11 Å². The molecule has 0 aliphatic carbocycles.